The van der Waals surface area contributed by atoms with E-state index in [1.165, 1.54) is 19.2 Å². The Morgan fingerprint density at radius 1 is 1.14 bits per heavy atom. The second-order valence-corrected chi connectivity index (χ2v) is 12.8. The lowest BCUT2D eigenvalue weighted by atomic mass is 10.2. The minimum atomic E-state index is -4.14. The molecule has 3 heterocycles. The van der Waals surface area contributed by atoms with E-state index in [1.807, 2.05) is 7.05 Å². The molecule has 37 heavy (non-hydrogen) atoms. The summed E-state index contributed by atoms with van der Waals surface area (Å²) in [6, 6.07) is 8.19. The molecule has 1 atom stereocenters. The third kappa shape index (κ3) is 6.15. The van der Waals surface area contributed by atoms with E-state index in [0.29, 0.717) is 60.5 Å². The van der Waals surface area contributed by atoms with Crippen molar-refractivity contribution in [1.29, 1.82) is 0 Å². The largest absolute Gasteiger partial charge is 0.349 e. The van der Waals surface area contributed by atoms with Crippen molar-refractivity contribution in [3.05, 3.63) is 45.6 Å². The number of anilines is 1. The van der Waals surface area contributed by atoms with E-state index in [-0.39, 0.29) is 23.3 Å². The maximum Gasteiger partial charge on any atom is 0.261 e. The van der Waals surface area contributed by atoms with E-state index in [9.17, 15) is 22.8 Å². The van der Waals surface area contributed by atoms with Gasteiger partial charge in [-0.2, -0.15) is 4.31 Å². The molecule has 2 aliphatic heterocycles. The van der Waals surface area contributed by atoms with E-state index in [4.69, 9.17) is 11.6 Å². The average molecular weight is 568 g/mol. The first-order valence-corrected chi connectivity index (χ1v) is 14.6. The number of halogens is 1. The van der Waals surface area contributed by atoms with Crippen molar-refractivity contribution in [2.24, 2.45) is 0 Å². The number of hydrogen-bond donors (Lipinski definition) is 1. The molecule has 2 aromatic rings. The van der Waals surface area contributed by atoms with Gasteiger partial charge in [-0.05, 0) is 43.8 Å². The van der Waals surface area contributed by atoms with E-state index in [2.05, 4.69) is 10.2 Å². The standard InChI is InChI=1S/C24H30ClN5O5S2/c1-27-11-13-29(14-12-27)24(33)19(16-26-23(32)20-8-9-21(25)36-20)28(2)37(34,35)18-6-3-5-17(15-18)30-10-4-7-22(30)31/h3,5-6,8-9,15,19H,4,7,10-14,16H2,1-2H3,(H,26,32)/t19-/m0/s1. The summed E-state index contributed by atoms with van der Waals surface area (Å²) in [5.74, 6) is -0.870. The quantitative estimate of drug-likeness (QED) is 0.520. The molecule has 0 unspecified atom stereocenters. The molecule has 2 aliphatic rings. The zero-order valence-electron chi connectivity index (χ0n) is 20.7. The summed E-state index contributed by atoms with van der Waals surface area (Å²) in [5.41, 5.74) is 0.502. The number of likely N-dealkylation sites (N-methyl/N-ethyl adjacent to an activating group) is 2. The summed E-state index contributed by atoms with van der Waals surface area (Å²) in [5, 5.41) is 2.70. The lowest BCUT2D eigenvalue weighted by molar-refractivity contribution is -0.136. The summed E-state index contributed by atoms with van der Waals surface area (Å²) in [4.78, 5) is 44.1. The van der Waals surface area contributed by atoms with Crippen LogP contribution in [0, 0.1) is 0 Å². The monoisotopic (exact) mass is 567 g/mol. The van der Waals surface area contributed by atoms with E-state index < -0.39 is 22.0 Å². The topological polar surface area (TPSA) is 110 Å². The van der Waals surface area contributed by atoms with Gasteiger partial charge in [-0.1, -0.05) is 17.7 Å². The van der Waals surface area contributed by atoms with Crippen molar-refractivity contribution in [2.75, 3.05) is 58.3 Å². The van der Waals surface area contributed by atoms with Crippen molar-refractivity contribution >= 4 is 56.4 Å². The van der Waals surface area contributed by atoms with Crippen LogP contribution in [0.4, 0.5) is 5.69 Å². The van der Waals surface area contributed by atoms with Gasteiger partial charge < -0.3 is 20.0 Å². The Bertz CT molecular complexity index is 1280. The van der Waals surface area contributed by atoms with Gasteiger partial charge in [-0.3, -0.25) is 14.4 Å². The molecule has 1 aromatic heterocycles. The fourth-order valence-corrected chi connectivity index (χ4v) is 6.70. The summed E-state index contributed by atoms with van der Waals surface area (Å²) >= 11 is 7.04. The summed E-state index contributed by atoms with van der Waals surface area (Å²) in [7, 11) is -0.841. The SMILES string of the molecule is CN1CCN(C(=O)[C@H](CNC(=O)c2ccc(Cl)s2)N(C)S(=O)(=O)c2cccc(N3CCCC3=O)c2)CC1. The van der Waals surface area contributed by atoms with Crippen LogP contribution in [-0.4, -0.2) is 99.7 Å². The number of rotatable bonds is 8. The number of nitrogens with one attached hydrogen (secondary N) is 1. The lowest BCUT2D eigenvalue weighted by Gasteiger charge is -2.36. The van der Waals surface area contributed by atoms with Crippen LogP contribution < -0.4 is 10.2 Å². The Kier molecular flexibility index (Phi) is 8.54. The molecule has 0 aliphatic carbocycles. The van der Waals surface area contributed by atoms with Crippen LogP contribution in [-0.2, 0) is 19.6 Å². The van der Waals surface area contributed by atoms with Crippen LogP contribution in [0.25, 0.3) is 0 Å². The predicted octanol–water partition coefficient (Wildman–Crippen LogP) is 1.72. The molecule has 0 saturated carbocycles. The Hall–Kier alpha value is -2.51. The minimum Gasteiger partial charge on any atom is -0.349 e. The fourth-order valence-electron chi connectivity index (χ4n) is 4.39. The van der Waals surface area contributed by atoms with Gasteiger partial charge in [0.15, 0.2) is 0 Å². The molecule has 0 radical (unpaired) electrons. The Morgan fingerprint density at radius 2 is 1.86 bits per heavy atom. The highest BCUT2D eigenvalue weighted by molar-refractivity contribution is 7.89. The molecule has 4 rings (SSSR count). The van der Waals surface area contributed by atoms with Gasteiger partial charge >= 0.3 is 0 Å². The van der Waals surface area contributed by atoms with Gasteiger partial charge in [0.05, 0.1) is 14.1 Å². The van der Waals surface area contributed by atoms with Crippen molar-refractivity contribution in [1.82, 2.24) is 19.4 Å². The molecule has 3 amide bonds. The Balaban J connectivity index is 1.59. The first-order chi connectivity index (χ1) is 17.6. The molecule has 2 saturated heterocycles. The molecule has 2 fully saturated rings. The van der Waals surface area contributed by atoms with Gasteiger partial charge in [-0.15, -0.1) is 11.3 Å². The van der Waals surface area contributed by atoms with E-state index in [1.54, 1.807) is 34.1 Å². The van der Waals surface area contributed by atoms with E-state index >= 15 is 0 Å². The molecule has 1 aromatic carbocycles. The molecule has 200 valence electrons. The molecular weight excluding hydrogens is 538 g/mol. The molecular formula is C24H30ClN5O5S2. The van der Waals surface area contributed by atoms with Crippen molar-refractivity contribution in [3.8, 4) is 0 Å². The minimum absolute atomic E-state index is 0.0280. The number of sulfonamides is 1. The normalized spacial score (nSPS) is 17.9. The van der Waals surface area contributed by atoms with Gasteiger partial charge in [0.25, 0.3) is 5.91 Å². The smallest absolute Gasteiger partial charge is 0.261 e. The van der Waals surface area contributed by atoms with Crippen LogP contribution in [0.3, 0.4) is 0 Å². The highest BCUT2D eigenvalue weighted by atomic mass is 35.5. The number of amides is 3. The lowest BCUT2D eigenvalue weighted by Crippen LogP contribution is -2.57. The molecule has 10 nitrogen and oxygen atoms in total. The number of nitrogens with zero attached hydrogens (tertiary/aromatic N) is 4. The first kappa shape index (κ1) is 27.5. The molecule has 0 spiro atoms. The highest BCUT2D eigenvalue weighted by Crippen LogP contribution is 2.27. The first-order valence-electron chi connectivity index (χ1n) is 12.0. The second kappa shape index (κ2) is 11.5. The Labute approximate surface area is 225 Å². The summed E-state index contributed by atoms with van der Waals surface area (Å²) in [6.07, 6.45) is 1.14. The third-order valence-corrected chi connectivity index (χ3v) is 9.76. The van der Waals surface area contributed by atoms with Crippen LogP contribution in [0.15, 0.2) is 41.3 Å². The second-order valence-electron chi connectivity index (χ2n) is 9.13. The van der Waals surface area contributed by atoms with E-state index in [0.717, 1.165) is 15.6 Å². The zero-order chi connectivity index (χ0) is 26.7. The third-order valence-electron chi connectivity index (χ3n) is 6.67. The molecule has 0 bridgehead atoms. The van der Waals surface area contributed by atoms with Gasteiger partial charge in [-0.25, -0.2) is 8.42 Å². The predicted molar refractivity (Wildman–Crippen MR) is 143 cm³/mol. The fraction of sp³-hybridized carbons (Fsp3) is 0.458. The average Bonchev–Trinajstić information content (AvgIpc) is 3.52. The number of hydrogen-bond acceptors (Lipinski definition) is 7. The number of benzene rings is 1. The van der Waals surface area contributed by atoms with Gasteiger partial charge in [0, 0.05) is 58.4 Å². The highest BCUT2D eigenvalue weighted by Gasteiger charge is 2.37. The zero-order valence-corrected chi connectivity index (χ0v) is 23.1. The Morgan fingerprint density at radius 3 is 2.49 bits per heavy atom. The van der Waals surface area contributed by atoms with Crippen molar-refractivity contribution < 1.29 is 22.8 Å². The number of carbonyl (C=O) groups is 3. The number of carbonyl (C=O) groups excluding carboxylic acids is 3. The van der Waals surface area contributed by atoms with Crippen LogP contribution in [0.5, 0.6) is 0 Å². The van der Waals surface area contributed by atoms with Crippen LogP contribution in [0.2, 0.25) is 4.34 Å². The number of piperazine rings is 1. The van der Waals surface area contributed by atoms with Crippen LogP contribution >= 0.6 is 22.9 Å². The number of thiophene rings is 1. The van der Waals surface area contributed by atoms with Gasteiger partial charge in [0.2, 0.25) is 21.8 Å². The molecule has 1 N–H and O–H groups in total. The summed E-state index contributed by atoms with van der Waals surface area (Å²) in [6.45, 7) is 2.57. The van der Waals surface area contributed by atoms with Gasteiger partial charge in [0.1, 0.15) is 6.04 Å². The molecule has 13 heteroatoms. The maximum absolute atomic E-state index is 13.7. The summed E-state index contributed by atoms with van der Waals surface area (Å²) < 4.78 is 28.9. The van der Waals surface area contributed by atoms with Crippen LogP contribution in [0.1, 0.15) is 22.5 Å². The maximum atomic E-state index is 13.7. The van der Waals surface area contributed by atoms with Crippen molar-refractivity contribution in [2.45, 2.75) is 23.8 Å². The van der Waals surface area contributed by atoms with Crippen molar-refractivity contribution in [3.63, 3.8) is 0 Å².